The minimum Gasteiger partial charge on any atom is -0.423 e. The van der Waals surface area contributed by atoms with Crippen LogP contribution in [0.3, 0.4) is 0 Å². The maximum Gasteiger partial charge on any atom is 0.490 e. The van der Waals surface area contributed by atoms with Crippen LogP contribution in [0.4, 0.5) is 5.82 Å². The maximum atomic E-state index is 10.3. The summed E-state index contributed by atoms with van der Waals surface area (Å²) >= 11 is 6.49. The first-order chi connectivity index (χ1) is 12.3. The van der Waals surface area contributed by atoms with Gasteiger partial charge in [-0.3, -0.25) is 4.84 Å². The van der Waals surface area contributed by atoms with Crippen molar-refractivity contribution in [3.63, 3.8) is 0 Å². The number of nitrogens with zero attached hydrogens (tertiary/aromatic N) is 3. The molecule has 0 bridgehead atoms. The molecule has 1 fully saturated rings. The SMILES string of the molecule is CCONc1ncnc2c1c(B(O)O)cn2[C@@H]1OC(CO)C(O)[C@@]1(C)Cl. The zero-order valence-electron chi connectivity index (χ0n) is 14.2. The second kappa shape index (κ2) is 7.27. The molecule has 2 aromatic heterocycles. The van der Waals surface area contributed by atoms with Gasteiger partial charge in [0, 0.05) is 11.7 Å². The molecule has 0 aromatic carbocycles. The van der Waals surface area contributed by atoms with Crippen molar-refractivity contribution < 1.29 is 29.8 Å². The van der Waals surface area contributed by atoms with Gasteiger partial charge < -0.3 is 29.6 Å². The molecule has 26 heavy (non-hydrogen) atoms. The molecule has 0 aliphatic carbocycles. The number of nitrogens with one attached hydrogen (secondary N) is 1. The lowest BCUT2D eigenvalue weighted by molar-refractivity contribution is -0.0439. The Morgan fingerprint density at radius 2 is 2.19 bits per heavy atom. The lowest BCUT2D eigenvalue weighted by Gasteiger charge is -2.26. The van der Waals surface area contributed by atoms with Crippen molar-refractivity contribution in [1.29, 1.82) is 0 Å². The molecule has 0 saturated carbocycles. The van der Waals surface area contributed by atoms with E-state index in [1.165, 1.54) is 17.1 Å². The number of aromatic nitrogens is 3. The summed E-state index contributed by atoms with van der Waals surface area (Å²) < 4.78 is 7.18. The quantitative estimate of drug-likeness (QED) is 0.233. The van der Waals surface area contributed by atoms with Gasteiger partial charge >= 0.3 is 7.12 Å². The van der Waals surface area contributed by atoms with E-state index < -0.39 is 37.0 Å². The highest BCUT2D eigenvalue weighted by Gasteiger charge is 2.53. The van der Waals surface area contributed by atoms with Crippen molar-refractivity contribution in [2.24, 2.45) is 0 Å². The number of hydrogen-bond donors (Lipinski definition) is 5. The molecule has 1 saturated heterocycles. The van der Waals surface area contributed by atoms with Crippen LogP contribution in [0.2, 0.25) is 0 Å². The molecule has 2 unspecified atom stereocenters. The molecule has 5 N–H and O–H groups in total. The Morgan fingerprint density at radius 3 is 2.77 bits per heavy atom. The van der Waals surface area contributed by atoms with Crippen molar-refractivity contribution in [3.8, 4) is 0 Å². The molecule has 3 rings (SSSR count). The van der Waals surface area contributed by atoms with Crippen LogP contribution in [0.15, 0.2) is 12.5 Å². The predicted molar refractivity (Wildman–Crippen MR) is 93.9 cm³/mol. The van der Waals surface area contributed by atoms with Crippen LogP contribution in [-0.4, -0.2) is 72.2 Å². The van der Waals surface area contributed by atoms with E-state index in [-0.39, 0.29) is 11.3 Å². The highest BCUT2D eigenvalue weighted by Crippen LogP contribution is 2.44. The van der Waals surface area contributed by atoms with Crippen LogP contribution in [0.1, 0.15) is 20.1 Å². The summed E-state index contributed by atoms with van der Waals surface area (Å²) in [5, 5.41) is 39.5. The molecule has 1 aliphatic heterocycles. The largest absolute Gasteiger partial charge is 0.490 e. The second-order valence-electron chi connectivity index (χ2n) is 6.13. The Bertz CT molecular complexity index is 788. The Labute approximate surface area is 154 Å². The molecule has 0 spiro atoms. The highest BCUT2D eigenvalue weighted by atomic mass is 35.5. The Kier molecular flexibility index (Phi) is 5.40. The van der Waals surface area contributed by atoms with Gasteiger partial charge in [0.25, 0.3) is 0 Å². The fraction of sp³-hybridized carbons (Fsp3) is 0.571. The fourth-order valence-corrected chi connectivity index (χ4v) is 3.37. The van der Waals surface area contributed by atoms with Gasteiger partial charge in [0.1, 0.15) is 29.1 Å². The topological polar surface area (TPSA) is 142 Å². The number of aliphatic hydroxyl groups excluding tert-OH is 2. The van der Waals surface area contributed by atoms with Crippen molar-refractivity contribution in [1.82, 2.24) is 14.5 Å². The average Bonchev–Trinajstić information content (AvgIpc) is 3.09. The molecule has 0 radical (unpaired) electrons. The van der Waals surface area contributed by atoms with E-state index in [1.807, 2.05) is 0 Å². The number of hydrogen-bond acceptors (Lipinski definition) is 9. The highest BCUT2D eigenvalue weighted by molar-refractivity contribution is 6.62. The maximum absolute atomic E-state index is 10.3. The van der Waals surface area contributed by atoms with Gasteiger partial charge in [0.15, 0.2) is 12.0 Å². The van der Waals surface area contributed by atoms with Gasteiger partial charge in [0.05, 0.1) is 18.6 Å². The van der Waals surface area contributed by atoms with Crippen LogP contribution in [0, 0.1) is 0 Å². The number of alkyl halides is 1. The van der Waals surface area contributed by atoms with Crippen LogP contribution < -0.4 is 10.9 Å². The minimum atomic E-state index is -1.81. The summed E-state index contributed by atoms with van der Waals surface area (Å²) in [5.74, 6) is 0.243. The molecule has 1 aliphatic rings. The first-order valence-electron chi connectivity index (χ1n) is 8.05. The Morgan fingerprint density at radius 1 is 1.46 bits per heavy atom. The number of rotatable bonds is 6. The lowest BCUT2D eigenvalue weighted by atomic mass is 9.80. The summed E-state index contributed by atoms with van der Waals surface area (Å²) in [4.78, 5) is 12.1. The molecule has 3 heterocycles. The lowest BCUT2D eigenvalue weighted by Crippen LogP contribution is -2.39. The van der Waals surface area contributed by atoms with E-state index in [4.69, 9.17) is 21.2 Å². The summed E-state index contributed by atoms with van der Waals surface area (Å²) in [6.07, 6.45) is -0.249. The summed E-state index contributed by atoms with van der Waals surface area (Å²) in [6, 6.07) is 0. The first kappa shape index (κ1) is 19.3. The van der Waals surface area contributed by atoms with E-state index in [1.54, 1.807) is 13.8 Å². The van der Waals surface area contributed by atoms with Gasteiger partial charge in [-0.1, -0.05) is 0 Å². The van der Waals surface area contributed by atoms with E-state index in [0.717, 1.165) is 0 Å². The van der Waals surface area contributed by atoms with Crippen molar-refractivity contribution in [3.05, 3.63) is 12.5 Å². The van der Waals surface area contributed by atoms with Crippen LogP contribution in [-0.2, 0) is 9.57 Å². The van der Waals surface area contributed by atoms with E-state index in [9.17, 15) is 20.3 Å². The zero-order valence-corrected chi connectivity index (χ0v) is 15.0. The molecular weight excluding hydrogens is 366 g/mol. The predicted octanol–water partition coefficient (Wildman–Crippen LogP) is -1.28. The minimum absolute atomic E-state index is 0.112. The van der Waals surface area contributed by atoms with Crippen molar-refractivity contribution in [2.75, 3.05) is 18.7 Å². The van der Waals surface area contributed by atoms with E-state index >= 15 is 0 Å². The first-order valence-corrected chi connectivity index (χ1v) is 8.43. The number of ether oxygens (including phenoxy) is 1. The summed E-state index contributed by atoms with van der Waals surface area (Å²) in [6.45, 7) is 3.29. The van der Waals surface area contributed by atoms with Crippen LogP contribution in [0.5, 0.6) is 0 Å². The van der Waals surface area contributed by atoms with Gasteiger partial charge in [0.2, 0.25) is 0 Å². The van der Waals surface area contributed by atoms with Gasteiger partial charge in [-0.15, -0.1) is 11.6 Å². The number of anilines is 1. The number of halogens is 1. The van der Waals surface area contributed by atoms with E-state index in [0.29, 0.717) is 17.6 Å². The number of aliphatic hydroxyl groups is 2. The third-order valence-electron chi connectivity index (χ3n) is 4.38. The molecule has 142 valence electrons. The molecule has 10 nitrogen and oxygen atoms in total. The van der Waals surface area contributed by atoms with Crippen molar-refractivity contribution in [2.45, 2.75) is 37.2 Å². The third-order valence-corrected chi connectivity index (χ3v) is 4.79. The normalized spacial score (nSPS) is 28.7. The molecule has 2 aromatic rings. The summed E-state index contributed by atoms with van der Waals surface area (Å²) in [7, 11) is -1.81. The monoisotopic (exact) mass is 386 g/mol. The number of fused-ring (bicyclic) bond motifs is 1. The zero-order chi connectivity index (χ0) is 19.1. The Balaban J connectivity index is 2.16. The van der Waals surface area contributed by atoms with Crippen molar-refractivity contribution >= 4 is 41.0 Å². The summed E-state index contributed by atoms with van der Waals surface area (Å²) in [5.41, 5.74) is 3.05. The smallest absolute Gasteiger partial charge is 0.423 e. The van der Waals surface area contributed by atoms with E-state index in [2.05, 4.69) is 15.4 Å². The second-order valence-corrected chi connectivity index (χ2v) is 6.94. The van der Waals surface area contributed by atoms with Gasteiger partial charge in [-0.05, 0) is 13.8 Å². The standard InChI is InChI=1S/C14H20BClN4O6/c1-3-25-19-11-9-7(15(23)24)4-20(12(9)18-6-17-11)13-14(2,16)10(22)8(5-21)26-13/h4,6,8,10,13,21-24H,3,5H2,1-2H3,(H,17,18,19)/t8?,10?,13-,14-/m1/s1. The van der Waals surface area contributed by atoms with Crippen LogP contribution >= 0.6 is 11.6 Å². The van der Waals surface area contributed by atoms with Gasteiger partial charge in [-0.2, -0.15) is 0 Å². The fourth-order valence-electron chi connectivity index (χ4n) is 3.07. The Hall–Kier alpha value is -1.47. The molecule has 12 heteroatoms. The van der Waals surface area contributed by atoms with Crippen LogP contribution in [0.25, 0.3) is 11.0 Å². The molecular formula is C14H20BClN4O6. The third kappa shape index (κ3) is 3.05. The molecule has 4 atom stereocenters. The average molecular weight is 387 g/mol. The molecule has 0 amide bonds. The van der Waals surface area contributed by atoms with Gasteiger partial charge in [-0.25, -0.2) is 15.4 Å².